The predicted octanol–water partition coefficient (Wildman–Crippen LogP) is 2.09. The SMILES string of the molecule is CONC(=COc1ccccn1)C(=O)Nc1ccccc1. The molecule has 2 N–H and O–H groups in total. The van der Waals surface area contributed by atoms with Gasteiger partial charge in [0.1, 0.15) is 6.26 Å². The predicted molar refractivity (Wildman–Crippen MR) is 78.2 cm³/mol. The molecule has 0 fully saturated rings. The highest BCUT2D eigenvalue weighted by Gasteiger charge is 2.10. The van der Waals surface area contributed by atoms with E-state index in [-0.39, 0.29) is 11.6 Å². The number of nitrogens with zero attached hydrogens (tertiary/aromatic N) is 1. The maximum atomic E-state index is 12.1. The fraction of sp³-hybridized carbons (Fsp3) is 0.0667. The summed E-state index contributed by atoms with van der Waals surface area (Å²) in [5, 5.41) is 2.71. The first-order chi connectivity index (χ1) is 10.3. The topological polar surface area (TPSA) is 72.5 Å². The number of para-hydroxylation sites is 1. The molecule has 0 unspecified atom stereocenters. The van der Waals surface area contributed by atoms with Crippen molar-refractivity contribution in [3.05, 3.63) is 66.7 Å². The Labute approximate surface area is 122 Å². The van der Waals surface area contributed by atoms with Gasteiger partial charge in [0.05, 0.1) is 7.11 Å². The van der Waals surface area contributed by atoms with Gasteiger partial charge >= 0.3 is 0 Å². The standard InChI is InChI=1S/C15H15N3O3/c1-20-18-13(11-21-14-9-5-6-10-16-14)15(19)17-12-7-3-2-4-8-12/h2-11,18H,1H3,(H,17,19). The van der Waals surface area contributed by atoms with Crippen molar-refractivity contribution < 1.29 is 14.4 Å². The van der Waals surface area contributed by atoms with Gasteiger partial charge in [0.25, 0.3) is 5.91 Å². The van der Waals surface area contributed by atoms with Crippen LogP contribution in [0, 0.1) is 0 Å². The third-order valence-electron chi connectivity index (χ3n) is 2.42. The minimum Gasteiger partial charge on any atom is -0.444 e. The van der Waals surface area contributed by atoms with Crippen LogP contribution in [0.15, 0.2) is 66.7 Å². The quantitative estimate of drug-likeness (QED) is 0.483. The number of rotatable bonds is 6. The molecule has 0 aliphatic rings. The molecule has 0 spiro atoms. The molecule has 0 aliphatic heterocycles. The van der Waals surface area contributed by atoms with Gasteiger partial charge in [0.15, 0.2) is 5.70 Å². The normalized spacial score (nSPS) is 10.8. The Hall–Kier alpha value is -2.86. The van der Waals surface area contributed by atoms with Crippen LogP contribution in [0.25, 0.3) is 0 Å². The van der Waals surface area contributed by atoms with Gasteiger partial charge in [-0.1, -0.05) is 24.3 Å². The molecule has 6 nitrogen and oxygen atoms in total. The molecule has 0 atom stereocenters. The third kappa shape index (κ3) is 4.63. The van der Waals surface area contributed by atoms with E-state index in [1.165, 1.54) is 13.4 Å². The van der Waals surface area contributed by atoms with Crippen molar-refractivity contribution in [2.45, 2.75) is 0 Å². The summed E-state index contributed by atoms with van der Waals surface area (Å²) in [6.45, 7) is 0. The van der Waals surface area contributed by atoms with Crippen molar-refractivity contribution in [3.63, 3.8) is 0 Å². The highest BCUT2D eigenvalue weighted by molar-refractivity contribution is 6.02. The van der Waals surface area contributed by atoms with Crippen LogP contribution >= 0.6 is 0 Å². The van der Waals surface area contributed by atoms with E-state index >= 15 is 0 Å². The van der Waals surface area contributed by atoms with Crippen LogP contribution in [-0.2, 0) is 9.63 Å². The van der Waals surface area contributed by atoms with Crippen molar-refractivity contribution in [1.29, 1.82) is 0 Å². The van der Waals surface area contributed by atoms with Crippen molar-refractivity contribution in [2.75, 3.05) is 12.4 Å². The molecule has 108 valence electrons. The number of nitrogens with one attached hydrogen (secondary N) is 2. The second-order valence-electron chi connectivity index (χ2n) is 3.94. The summed E-state index contributed by atoms with van der Waals surface area (Å²) < 4.78 is 5.30. The van der Waals surface area contributed by atoms with Gasteiger partial charge in [0.2, 0.25) is 5.88 Å². The van der Waals surface area contributed by atoms with Crippen LogP contribution in [0.2, 0.25) is 0 Å². The molecule has 1 amide bonds. The highest BCUT2D eigenvalue weighted by Crippen LogP contribution is 2.08. The second kappa shape index (κ2) is 7.66. The van der Waals surface area contributed by atoms with Crippen molar-refractivity contribution in [1.82, 2.24) is 10.5 Å². The number of hydrogen-bond acceptors (Lipinski definition) is 5. The zero-order valence-corrected chi connectivity index (χ0v) is 11.4. The van der Waals surface area contributed by atoms with E-state index in [0.717, 1.165) is 0 Å². The molecular formula is C15H15N3O3. The molecule has 2 rings (SSSR count). The number of amides is 1. The van der Waals surface area contributed by atoms with E-state index in [1.54, 1.807) is 36.5 Å². The fourth-order valence-electron chi connectivity index (χ4n) is 1.49. The number of pyridine rings is 1. The van der Waals surface area contributed by atoms with Crippen molar-refractivity contribution in [2.24, 2.45) is 0 Å². The van der Waals surface area contributed by atoms with Gasteiger partial charge < -0.3 is 10.1 Å². The van der Waals surface area contributed by atoms with Crippen LogP contribution in [0.4, 0.5) is 5.69 Å². The molecule has 0 bridgehead atoms. The average molecular weight is 285 g/mol. The molecule has 1 aromatic carbocycles. The molecule has 6 heteroatoms. The number of benzene rings is 1. The van der Waals surface area contributed by atoms with Crippen LogP contribution in [0.5, 0.6) is 5.88 Å². The number of carbonyl (C=O) groups excluding carboxylic acids is 1. The lowest BCUT2D eigenvalue weighted by molar-refractivity contribution is -0.114. The Kier molecular flexibility index (Phi) is 5.31. The molecule has 0 radical (unpaired) electrons. The Morgan fingerprint density at radius 3 is 2.57 bits per heavy atom. The lowest BCUT2D eigenvalue weighted by Crippen LogP contribution is -2.25. The Balaban J connectivity index is 2.05. The summed E-state index contributed by atoms with van der Waals surface area (Å²) in [5.41, 5.74) is 3.26. The van der Waals surface area contributed by atoms with Crippen LogP contribution in [0.3, 0.4) is 0 Å². The smallest absolute Gasteiger partial charge is 0.277 e. The number of carbonyl (C=O) groups is 1. The van der Waals surface area contributed by atoms with Gasteiger partial charge in [-0.05, 0) is 18.2 Å². The maximum absolute atomic E-state index is 12.1. The second-order valence-corrected chi connectivity index (χ2v) is 3.94. The van der Waals surface area contributed by atoms with E-state index in [9.17, 15) is 4.79 Å². The molecule has 1 aromatic heterocycles. The van der Waals surface area contributed by atoms with Gasteiger partial charge in [-0.2, -0.15) is 0 Å². The zero-order valence-electron chi connectivity index (χ0n) is 11.4. The zero-order chi connectivity index (χ0) is 14.9. The van der Waals surface area contributed by atoms with Gasteiger partial charge in [0, 0.05) is 18.0 Å². The minimum atomic E-state index is -0.390. The largest absolute Gasteiger partial charge is 0.444 e. The van der Waals surface area contributed by atoms with E-state index in [4.69, 9.17) is 9.57 Å². The Morgan fingerprint density at radius 1 is 1.14 bits per heavy atom. The number of hydrogen-bond donors (Lipinski definition) is 2. The Morgan fingerprint density at radius 2 is 1.90 bits per heavy atom. The number of aromatic nitrogens is 1. The first-order valence-electron chi connectivity index (χ1n) is 6.23. The number of hydroxylamine groups is 1. The number of anilines is 1. The van der Waals surface area contributed by atoms with E-state index in [1.807, 2.05) is 18.2 Å². The molecule has 21 heavy (non-hydrogen) atoms. The molecule has 0 aliphatic carbocycles. The molecule has 1 heterocycles. The van der Waals surface area contributed by atoms with Crippen LogP contribution in [0.1, 0.15) is 0 Å². The lowest BCUT2D eigenvalue weighted by Gasteiger charge is -2.09. The van der Waals surface area contributed by atoms with Gasteiger partial charge in [-0.25, -0.2) is 4.98 Å². The van der Waals surface area contributed by atoms with Crippen LogP contribution < -0.4 is 15.5 Å². The van der Waals surface area contributed by atoms with E-state index in [0.29, 0.717) is 11.6 Å². The van der Waals surface area contributed by atoms with Crippen LogP contribution in [-0.4, -0.2) is 18.0 Å². The molecular weight excluding hydrogens is 270 g/mol. The first-order valence-corrected chi connectivity index (χ1v) is 6.23. The summed E-state index contributed by atoms with van der Waals surface area (Å²) in [7, 11) is 1.41. The van der Waals surface area contributed by atoms with Gasteiger partial charge in [-0.15, -0.1) is 0 Å². The summed E-state index contributed by atoms with van der Waals surface area (Å²) in [4.78, 5) is 20.9. The summed E-state index contributed by atoms with van der Waals surface area (Å²) in [5.74, 6) is -0.0144. The highest BCUT2D eigenvalue weighted by atomic mass is 16.6. The minimum absolute atomic E-state index is 0.118. The van der Waals surface area contributed by atoms with Gasteiger partial charge in [-0.3, -0.25) is 15.1 Å². The summed E-state index contributed by atoms with van der Waals surface area (Å²) in [6.07, 6.45) is 2.83. The molecule has 0 saturated carbocycles. The Bertz CT molecular complexity index is 600. The van der Waals surface area contributed by atoms with E-state index in [2.05, 4.69) is 15.8 Å². The van der Waals surface area contributed by atoms with Crippen molar-refractivity contribution >= 4 is 11.6 Å². The van der Waals surface area contributed by atoms with E-state index < -0.39 is 0 Å². The fourth-order valence-corrected chi connectivity index (χ4v) is 1.49. The number of ether oxygens (including phenoxy) is 1. The first kappa shape index (κ1) is 14.5. The monoisotopic (exact) mass is 285 g/mol. The summed E-state index contributed by atoms with van der Waals surface area (Å²) >= 11 is 0. The summed E-state index contributed by atoms with van der Waals surface area (Å²) in [6, 6.07) is 14.3. The average Bonchev–Trinajstić information content (AvgIpc) is 2.53. The molecule has 0 saturated heterocycles. The molecule has 2 aromatic rings. The third-order valence-corrected chi connectivity index (χ3v) is 2.42. The maximum Gasteiger partial charge on any atom is 0.277 e. The lowest BCUT2D eigenvalue weighted by atomic mass is 10.3. The van der Waals surface area contributed by atoms with Crippen molar-refractivity contribution in [3.8, 4) is 5.88 Å².